The number of rotatable bonds is 4. The van der Waals surface area contributed by atoms with E-state index < -0.39 is 0 Å². The van der Waals surface area contributed by atoms with Gasteiger partial charge in [0.15, 0.2) is 0 Å². The SMILES string of the molecule is CC(=CSc1ccccc1)Sc1ccccc1. The van der Waals surface area contributed by atoms with Crippen LogP contribution in [0.2, 0.25) is 0 Å². The molecule has 0 atom stereocenters. The van der Waals surface area contributed by atoms with E-state index in [0.717, 1.165) is 0 Å². The van der Waals surface area contributed by atoms with E-state index in [0.29, 0.717) is 0 Å². The van der Waals surface area contributed by atoms with Crippen molar-refractivity contribution in [3.63, 3.8) is 0 Å². The summed E-state index contributed by atoms with van der Waals surface area (Å²) < 4.78 is 0. The maximum Gasteiger partial charge on any atom is 0.0119 e. The Labute approximate surface area is 111 Å². The standard InChI is InChI=1S/C15H14S2/c1-13(17-15-10-6-3-7-11-15)12-16-14-8-4-2-5-9-14/h2-12H,1H3. The molecule has 0 saturated heterocycles. The molecule has 2 rings (SSSR count). The van der Waals surface area contributed by atoms with Crippen LogP contribution in [0.15, 0.2) is 80.8 Å². The summed E-state index contributed by atoms with van der Waals surface area (Å²) in [6, 6.07) is 20.9. The lowest BCUT2D eigenvalue weighted by Crippen LogP contribution is -1.71. The Morgan fingerprint density at radius 3 is 1.94 bits per heavy atom. The second-order valence-electron chi connectivity index (χ2n) is 3.57. The monoisotopic (exact) mass is 258 g/mol. The van der Waals surface area contributed by atoms with E-state index in [4.69, 9.17) is 0 Å². The molecule has 0 aliphatic rings. The maximum atomic E-state index is 2.20. The lowest BCUT2D eigenvalue weighted by molar-refractivity contribution is 1.46. The van der Waals surface area contributed by atoms with Crippen LogP contribution in [0.3, 0.4) is 0 Å². The second-order valence-corrected chi connectivity index (χ2v) is 5.84. The minimum Gasteiger partial charge on any atom is -0.0973 e. The van der Waals surface area contributed by atoms with Crippen LogP contribution in [0.5, 0.6) is 0 Å². The largest absolute Gasteiger partial charge is 0.0973 e. The molecule has 0 unspecified atom stereocenters. The molecule has 0 saturated carbocycles. The third-order valence-corrected chi connectivity index (χ3v) is 4.24. The summed E-state index contributed by atoms with van der Waals surface area (Å²) in [4.78, 5) is 3.88. The van der Waals surface area contributed by atoms with Gasteiger partial charge >= 0.3 is 0 Å². The highest BCUT2D eigenvalue weighted by molar-refractivity contribution is 8.06. The predicted octanol–water partition coefficient (Wildman–Crippen LogP) is 5.43. The van der Waals surface area contributed by atoms with Gasteiger partial charge in [0, 0.05) is 9.79 Å². The molecule has 0 amide bonds. The highest BCUT2D eigenvalue weighted by Gasteiger charge is 1.95. The van der Waals surface area contributed by atoms with E-state index in [2.05, 4.69) is 60.9 Å². The fraction of sp³-hybridized carbons (Fsp3) is 0.0667. The van der Waals surface area contributed by atoms with E-state index in [1.54, 1.807) is 23.5 Å². The molecule has 0 bridgehead atoms. The molecule has 17 heavy (non-hydrogen) atoms. The van der Waals surface area contributed by atoms with Gasteiger partial charge in [-0.1, -0.05) is 59.9 Å². The van der Waals surface area contributed by atoms with Gasteiger partial charge in [0.1, 0.15) is 0 Å². The predicted molar refractivity (Wildman–Crippen MR) is 78.4 cm³/mol. The molecule has 2 heteroatoms. The molecule has 0 aliphatic heterocycles. The fourth-order valence-electron chi connectivity index (χ4n) is 1.35. The fourth-order valence-corrected chi connectivity index (χ4v) is 2.97. The first-order chi connectivity index (χ1) is 8.34. The molecule has 0 radical (unpaired) electrons. The zero-order valence-corrected chi connectivity index (χ0v) is 11.3. The lowest BCUT2D eigenvalue weighted by atomic mass is 10.4. The van der Waals surface area contributed by atoms with E-state index in [1.807, 2.05) is 12.1 Å². The zero-order chi connectivity index (χ0) is 11.9. The number of hydrogen-bond donors (Lipinski definition) is 0. The molecule has 0 spiro atoms. The summed E-state index contributed by atoms with van der Waals surface area (Å²) in [5.41, 5.74) is 0. The van der Waals surface area contributed by atoms with Gasteiger partial charge in [-0.15, -0.1) is 0 Å². The van der Waals surface area contributed by atoms with Gasteiger partial charge in [0.25, 0.3) is 0 Å². The molecule has 0 fully saturated rings. The summed E-state index contributed by atoms with van der Waals surface area (Å²) in [5, 5.41) is 2.20. The molecular weight excluding hydrogens is 244 g/mol. The van der Waals surface area contributed by atoms with E-state index in [9.17, 15) is 0 Å². The van der Waals surface area contributed by atoms with Crippen molar-refractivity contribution < 1.29 is 0 Å². The molecular formula is C15H14S2. The van der Waals surface area contributed by atoms with Gasteiger partial charge in [0.2, 0.25) is 0 Å². The van der Waals surface area contributed by atoms with Gasteiger partial charge < -0.3 is 0 Å². The van der Waals surface area contributed by atoms with Crippen molar-refractivity contribution >= 4 is 23.5 Å². The summed E-state index contributed by atoms with van der Waals surface area (Å²) in [6.45, 7) is 2.15. The highest BCUT2D eigenvalue weighted by Crippen LogP contribution is 2.29. The van der Waals surface area contributed by atoms with Crippen molar-refractivity contribution in [2.75, 3.05) is 0 Å². The summed E-state index contributed by atoms with van der Waals surface area (Å²) in [7, 11) is 0. The van der Waals surface area contributed by atoms with Gasteiger partial charge in [-0.3, -0.25) is 0 Å². The molecule has 0 aliphatic carbocycles. The average molecular weight is 258 g/mol. The Bertz CT molecular complexity index is 475. The average Bonchev–Trinajstić information content (AvgIpc) is 2.39. The minimum absolute atomic E-state index is 1.28. The van der Waals surface area contributed by atoms with Crippen LogP contribution < -0.4 is 0 Å². The Kier molecular flexibility index (Phi) is 4.77. The summed E-state index contributed by atoms with van der Waals surface area (Å²) >= 11 is 3.57. The number of benzene rings is 2. The summed E-state index contributed by atoms with van der Waals surface area (Å²) in [5.74, 6) is 0. The molecule has 86 valence electrons. The van der Waals surface area contributed by atoms with Crippen LogP contribution in [0, 0.1) is 0 Å². The second kappa shape index (κ2) is 6.58. The van der Waals surface area contributed by atoms with Crippen molar-refractivity contribution in [1.82, 2.24) is 0 Å². The van der Waals surface area contributed by atoms with Gasteiger partial charge in [-0.05, 0) is 41.5 Å². The van der Waals surface area contributed by atoms with Crippen LogP contribution in [0.4, 0.5) is 0 Å². The molecule has 0 heterocycles. The molecule has 0 N–H and O–H groups in total. The minimum atomic E-state index is 1.28. The molecule has 2 aromatic rings. The normalized spacial score (nSPS) is 11.5. The van der Waals surface area contributed by atoms with Crippen LogP contribution in [-0.4, -0.2) is 0 Å². The Balaban J connectivity index is 1.94. The maximum absolute atomic E-state index is 2.20. The van der Waals surface area contributed by atoms with Crippen molar-refractivity contribution in [2.45, 2.75) is 16.7 Å². The van der Waals surface area contributed by atoms with Crippen LogP contribution in [0.1, 0.15) is 6.92 Å². The van der Waals surface area contributed by atoms with Crippen LogP contribution in [-0.2, 0) is 0 Å². The quantitative estimate of drug-likeness (QED) is 0.670. The topological polar surface area (TPSA) is 0 Å². The first-order valence-electron chi connectivity index (χ1n) is 5.46. The van der Waals surface area contributed by atoms with E-state index in [1.165, 1.54) is 14.7 Å². The smallest absolute Gasteiger partial charge is 0.0119 e. The van der Waals surface area contributed by atoms with E-state index >= 15 is 0 Å². The molecule has 2 aromatic carbocycles. The van der Waals surface area contributed by atoms with Gasteiger partial charge in [0.05, 0.1) is 0 Å². The highest BCUT2D eigenvalue weighted by atomic mass is 32.2. The van der Waals surface area contributed by atoms with Crippen LogP contribution >= 0.6 is 23.5 Å². The first kappa shape index (κ1) is 12.3. The van der Waals surface area contributed by atoms with Crippen molar-refractivity contribution in [2.24, 2.45) is 0 Å². The third kappa shape index (κ3) is 4.33. The van der Waals surface area contributed by atoms with Crippen molar-refractivity contribution in [3.05, 3.63) is 71.0 Å². The molecule has 0 aromatic heterocycles. The van der Waals surface area contributed by atoms with Crippen molar-refractivity contribution in [3.8, 4) is 0 Å². The first-order valence-corrected chi connectivity index (χ1v) is 7.15. The number of allylic oxidation sites excluding steroid dienone is 1. The van der Waals surface area contributed by atoms with Gasteiger partial charge in [-0.2, -0.15) is 0 Å². The Morgan fingerprint density at radius 2 is 1.35 bits per heavy atom. The van der Waals surface area contributed by atoms with E-state index in [-0.39, 0.29) is 0 Å². The number of thioether (sulfide) groups is 2. The van der Waals surface area contributed by atoms with Crippen LogP contribution in [0.25, 0.3) is 0 Å². The zero-order valence-electron chi connectivity index (χ0n) is 9.67. The lowest BCUT2D eigenvalue weighted by Gasteiger charge is -2.01. The van der Waals surface area contributed by atoms with Crippen molar-refractivity contribution in [1.29, 1.82) is 0 Å². The third-order valence-electron chi connectivity index (χ3n) is 2.13. The summed E-state index contributed by atoms with van der Waals surface area (Å²) in [6.07, 6.45) is 0. The number of hydrogen-bond acceptors (Lipinski definition) is 2. The molecule has 0 nitrogen and oxygen atoms in total. The Hall–Kier alpha value is -1.12. The van der Waals surface area contributed by atoms with Gasteiger partial charge in [-0.25, -0.2) is 0 Å². The Morgan fingerprint density at radius 1 is 0.824 bits per heavy atom.